The van der Waals surface area contributed by atoms with Gasteiger partial charge in [0.2, 0.25) is 5.91 Å². The fourth-order valence-electron chi connectivity index (χ4n) is 7.34. The number of esters is 1. The summed E-state index contributed by atoms with van der Waals surface area (Å²) in [6.07, 6.45) is 57.2. The second-order valence-corrected chi connectivity index (χ2v) is 16.8. The summed E-state index contributed by atoms with van der Waals surface area (Å²) in [5.41, 5.74) is 0. The Balaban J connectivity index is 4.43. The standard InChI is InChI=1S/C53H95NO5/c1-4-7-10-13-16-18-20-22-24-25-26-27-28-30-32-34-37-40-43-46-53(58)59-49(44-41-38-35-15-12-9-6-3)47-52(57)54-50(48-55)51(56)45-42-39-36-33-31-29-23-21-19-17-14-11-8-5-2/h7,10,16,18,22,24,26-27,30,32,49-51,55-56H,4-6,8-9,11-15,17,19-21,23,25,28-29,31,33-48H2,1-3H3,(H,54,57)/b10-7-,18-16-,24-22-,27-26-,32-30-. The van der Waals surface area contributed by atoms with Crippen molar-refractivity contribution in [2.24, 2.45) is 0 Å². The van der Waals surface area contributed by atoms with Crippen LogP contribution >= 0.6 is 0 Å². The molecule has 3 unspecified atom stereocenters. The molecule has 0 fully saturated rings. The van der Waals surface area contributed by atoms with Crippen LogP contribution in [0.1, 0.15) is 239 Å². The molecule has 0 aliphatic heterocycles. The smallest absolute Gasteiger partial charge is 0.306 e. The van der Waals surface area contributed by atoms with Gasteiger partial charge in [-0.25, -0.2) is 0 Å². The summed E-state index contributed by atoms with van der Waals surface area (Å²) in [6, 6.07) is -0.706. The van der Waals surface area contributed by atoms with Crippen LogP contribution in [-0.4, -0.2) is 46.9 Å². The molecular formula is C53H95NO5. The van der Waals surface area contributed by atoms with Crippen LogP contribution in [0.25, 0.3) is 0 Å². The van der Waals surface area contributed by atoms with Crippen molar-refractivity contribution in [2.75, 3.05) is 6.61 Å². The SMILES string of the molecule is CC/C=C\C/C=C\C/C=C\C/C=C\C/C=C\CCCCCC(=O)OC(CCCCCCCCC)CC(=O)NC(CO)C(O)CCCCCCCCCCCCCCCC. The molecule has 0 saturated heterocycles. The Morgan fingerprint density at radius 3 is 1.37 bits per heavy atom. The van der Waals surface area contributed by atoms with Gasteiger partial charge in [-0.1, -0.05) is 216 Å². The van der Waals surface area contributed by atoms with Crippen LogP contribution in [0.5, 0.6) is 0 Å². The first kappa shape index (κ1) is 56.6. The van der Waals surface area contributed by atoms with Crippen molar-refractivity contribution in [2.45, 2.75) is 257 Å². The zero-order valence-electron chi connectivity index (χ0n) is 38.9. The van der Waals surface area contributed by atoms with Gasteiger partial charge in [0.15, 0.2) is 0 Å². The zero-order valence-corrected chi connectivity index (χ0v) is 38.9. The maximum absolute atomic E-state index is 13.1. The van der Waals surface area contributed by atoms with Crippen molar-refractivity contribution in [1.82, 2.24) is 5.32 Å². The largest absolute Gasteiger partial charge is 0.462 e. The number of carbonyl (C=O) groups excluding carboxylic acids is 2. The second kappa shape index (κ2) is 46.6. The van der Waals surface area contributed by atoms with E-state index in [1.54, 1.807) is 0 Å². The number of hydrogen-bond donors (Lipinski definition) is 3. The average molecular weight is 826 g/mol. The van der Waals surface area contributed by atoms with Gasteiger partial charge in [-0.2, -0.15) is 0 Å². The lowest BCUT2D eigenvalue weighted by molar-refractivity contribution is -0.151. The Labute approximate surface area is 365 Å². The van der Waals surface area contributed by atoms with Crippen LogP contribution in [0, 0.1) is 0 Å². The maximum atomic E-state index is 13.1. The third-order valence-corrected chi connectivity index (χ3v) is 11.1. The predicted molar refractivity (Wildman–Crippen MR) is 255 cm³/mol. The van der Waals surface area contributed by atoms with Crippen molar-refractivity contribution < 1.29 is 24.5 Å². The van der Waals surface area contributed by atoms with Gasteiger partial charge in [0.25, 0.3) is 0 Å². The van der Waals surface area contributed by atoms with E-state index in [2.05, 4.69) is 86.8 Å². The van der Waals surface area contributed by atoms with E-state index in [4.69, 9.17) is 4.74 Å². The summed E-state index contributed by atoms with van der Waals surface area (Å²) in [5.74, 6) is -0.515. The van der Waals surface area contributed by atoms with E-state index < -0.39 is 18.2 Å². The lowest BCUT2D eigenvalue weighted by Gasteiger charge is -2.24. The van der Waals surface area contributed by atoms with Gasteiger partial charge in [-0.15, -0.1) is 0 Å². The number of rotatable bonds is 44. The van der Waals surface area contributed by atoms with Crippen LogP contribution in [0.4, 0.5) is 0 Å². The molecule has 6 nitrogen and oxygen atoms in total. The molecule has 1 amide bonds. The van der Waals surface area contributed by atoms with E-state index >= 15 is 0 Å². The molecule has 0 radical (unpaired) electrons. The van der Waals surface area contributed by atoms with Crippen LogP contribution < -0.4 is 5.32 Å². The van der Waals surface area contributed by atoms with Gasteiger partial charge in [0, 0.05) is 6.42 Å². The molecule has 0 aliphatic carbocycles. The van der Waals surface area contributed by atoms with Crippen molar-refractivity contribution >= 4 is 11.9 Å². The van der Waals surface area contributed by atoms with Gasteiger partial charge < -0.3 is 20.3 Å². The molecule has 3 atom stereocenters. The molecule has 3 N–H and O–H groups in total. The second-order valence-electron chi connectivity index (χ2n) is 16.8. The number of nitrogens with one attached hydrogen (secondary N) is 1. The number of amides is 1. The quantitative estimate of drug-likeness (QED) is 0.0323. The van der Waals surface area contributed by atoms with Crippen molar-refractivity contribution in [3.05, 3.63) is 60.8 Å². The van der Waals surface area contributed by atoms with Gasteiger partial charge in [0.05, 0.1) is 25.2 Å². The molecule has 6 heteroatoms. The van der Waals surface area contributed by atoms with Crippen molar-refractivity contribution in [3.63, 3.8) is 0 Å². The summed E-state index contributed by atoms with van der Waals surface area (Å²) >= 11 is 0. The Morgan fingerprint density at radius 1 is 0.508 bits per heavy atom. The van der Waals surface area contributed by atoms with E-state index in [9.17, 15) is 19.8 Å². The van der Waals surface area contributed by atoms with Gasteiger partial charge in [-0.05, 0) is 70.6 Å². The predicted octanol–water partition coefficient (Wildman–Crippen LogP) is 14.8. The number of aliphatic hydroxyl groups excluding tert-OH is 2. The highest BCUT2D eigenvalue weighted by atomic mass is 16.5. The van der Waals surface area contributed by atoms with Gasteiger partial charge in [0.1, 0.15) is 6.10 Å². The highest BCUT2D eigenvalue weighted by Crippen LogP contribution is 2.17. The highest BCUT2D eigenvalue weighted by molar-refractivity contribution is 5.77. The molecular weight excluding hydrogens is 731 g/mol. The van der Waals surface area contributed by atoms with E-state index in [1.807, 2.05) is 0 Å². The lowest BCUT2D eigenvalue weighted by atomic mass is 10.0. The number of hydrogen-bond acceptors (Lipinski definition) is 5. The third kappa shape index (κ3) is 42.1. The Morgan fingerprint density at radius 2 is 0.915 bits per heavy atom. The van der Waals surface area contributed by atoms with Crippen LogP contribution in [-0.2, 0) is 14.3 Å². The number of carbonyl (C=O) groups is 2. The maximum Gasteiger partial charge on any atom is 0.306 e. The molecule has 0 aliphatic rings. The monoisotopic (exact) mass is 826 g/mol. The molecule has 0 aromatic rings. The zero-order chi connectivity index (χ0) is 43.1. The molecule has 0 heterocycles. The summed E-state index contributed by atoms with van der Waals surface area (Å²) in [6.45, 7) is 6.33. The van der Waals surface area contributed by atoms with E-state index in [-0.39, 0.29) is 24.9 Å². The van der Waals surface area contributed by atoms with E-state index in [1.165, 1.54) is 96.3 Å². The first-order valence-electron chi connectivity index (χ1n) is 25.0. The first-order chi connectivity index (χ1) is 29.0. The van der Waals surface area contributed by atoms with E-state index in [0.29, 0.717) is 19.3 Å². The number of allylic oxidation sites excluding steroid dienone is 10. The molecule has 342 valence electrons. The minimum Gasteiger partial charge on any atom is -0.462 e. The molecule has 0 saturated carbocycles. The molecule has 0 aromatic carbocycles. The van der Waals surface area contributed by atoms with Gasteiger partial charge >= 0.3 is 5.97 Å². The lowest BCUT2D eigenvalue weighted by Crippen LogP contribution is -2.46. The first-order valence-corrected chi connectivity index (χ1v) is 25.0. The Bertz CT molecular complexity index is 1060. The van der Waals surface area contributed by atoms with Crippen LogP contribution in [0.3, 0.4) is 0 Å². The number of unbranched alkanes of at least 4 members (excludes halogenated alkanes) is 22. The average Bonchev–Trinajstić information content (AvgIpc) is 3.23. The summed E-state index contributed by atoms with van der Waals surface area (Å²) in [5, 5.41) is 23.7. The van der Waals surface area contributed by atoms with Crippen molar-refractivity contribution in [1.29, 1.82) is 0 Å². The van der Waals surface area contributed by atoms with E-state index in [0.717, 1.165) is 96.3 Å². The molecule has 59 heavy (non-hydrogen) atoms. The molecule has 0 bridgehead atoms. The number of aliphatic hydroxyl groups is 2. The third-order valence-electron chi connectivity index (χ3n) is 11.1. The fraction of sp³-hybridized carbons (Fsp3) is 0.774. The summed E-state index contributed by atoms with van der Waals surface area (Å²) in [4.78, 5) is 26.0. The van der Waals surface area contributed by atoms with Crippen LogP contribution in [0.2, 0.25) is 0 Å². The topological polar surface area (TPSA) is 95.9 Å². The Kier molecular flexibility index (Phi) is 44.7. The van der Waals surface area contributed by atoms with Crippen molar-refractivity contribution in [3.8, 4) is 0 Å². The van der Waals surface area contributed by atoms with Gasteiger partial charge in [-0.3, -0.25) is 9.59 Å². The normalized spacial score (nSPS) is 13.8. The summed E-state index contributed by atoms with van der Waals surface area (Å²) in [7, 11) is 0. The fourth-order valence-corrected chi connectivity index (χ4v) is 7.34. The Hall–Kier alpha value is -2.44. The number of ether oxygens (including phenoxy) is 1. The molecule has 0 aromatic heterocycles. The highest BCUT2D eigenvalue weighted by Gasteiger charge is 2.24. The summed E-state index contributed by atoms with van der Waals surface area (Å²) < 4.78 is 5.88. The molecule has 0 spiro atoms. The molecule has 0 rings (SSSR count). The minimum absolute atomic E-state index is 0.0632. The van der Waals surface area contributed by atoms with Crippen LogP contribution in [0.15, 0.2) is 60.8 Å². The minimum atomic E-state index is -0.792.